The third kappa shape index (κ3) is 3.50. The second-order valence-electron chi connectivity index (χ2n) is 5.78. The molecule has 11 heteroatoms. The minimum atomic E-state index is -1.53. The van der Waals surface area contributed by atoms with Crippen molar-refractivity contribution in [3.05, 3.63) is 45.6 Å². The van der Waals surface area contributed by atoms with E-state index in [0.29, 0.717) is 5.02 Å². The average molecular weight is 431 g/mol. The normalized spacial score (nSPS) is 22.6. The summed E-state index contributed by atoms with van der Waals surface area (Å²) in [6.45, 7) is 0. The second-order valence-corrected chi connectivity index (χ2v) is 7.78. The van der Waals surface area contributed by atoms with E-state index in [1.165, 1.54) is 36.0 Å². The number of benzene rings is 1. The molecule has 0 bridgehead atoms. The zero-order chi connectivity index (χ0) is 19.9. The Morgan fingerprint density at radius 3 is 2.37 bits per heavy atom. The van der Waals surface area contributed by atoms with Gasteiger partial charge in [-0.25, -0.2) is 4.79 Å². The Morgan fingerprint density at radius 2 is 1.81 bits per heavy atom. The molecule has 2 aliphatic heterocycles. The Morgan fingerprint density at radius 1 is 1.19 bits per heavy atom. The number of halogens is 2. The largest absolute Gasteiger partial charge is 0.480 e. The molecule has 2 amide bonds. The van der Waals surface area contributed by atoms with E-state index >= 15 is 0 Å². The van der Waals surface area contributed by atoms with Gasteiger partial charge < -0.3 is 15.5 Å². The number of hydrogen-bond acceptors (Lipinski definition) is 5. The maximum absolute atomic E-state index is 12.5. The molecule has 1 aromatic rings. The van der Waals surface area contributed by atoms with Gasteiger partial charge in [-0.1, -0.05) is 35.3 Å². The van der Waals surface area contributed by atoms with Crippen molar-refractivity contribution in [1.82, 2.24) is 10.2 Å². The lowest BCUT2D eigenvalue weighted by Gasteiger charge is -2.48. The molecule has 1 saturated heterocycles. The molecule has 0 spiro atoms. The highest BCUT2D eigenvalue weighted by Gasteiger charge is 2.54. The van der Waals surface area contributed by atoms with Crippen LogP contribution in [0.2, 0.25) is 5.02 Å². The number of aliphatic carboxylic acids is 2. The summed E-state index contributed by atoms with van der Waals surface area (Å²) >= 11 is 12.8. The number of amides is 2. The van der Waals surface area contributed by atoms with Crippen molar-refractivity contribution < 1.29 is 29.4 Å². The van der Waals surface area contributed by atoms with E-state index in [-0.39, 0.29) is 22.0 Å². The lowest BCUT2D eigenvalue weighted by molar-refractivity contribution is -0.152. The van der Waals surface area contributed by atoms with Crippen LogP contribution in [0, 0.1) is 0 Å². The predicted molar refractivity (Wildman–Crippen MR) is 97.4 cm³/mol. The van der Waals surface area contributed by atoms with Gasteiger partial charge in [0.1, 0.15) is 17.1 Å². The highest BCUT2D eigenvalue weighted by Crippen LogP contribution is 2.41. The second kappa shape index (κ2) is 7.41. The van der Waals surface area contributed by atoms with Gasteiger partial charge in [0.05, 0.1) is 5.03 Å². The van der Waals surface area contributed by atoms with E-state index in [0.717, 1.165) is 4.90 Å². The van der Waals surface area contributed by atoms with Crippen molar-refractivity contribution in [2.24, 2.45) is 0 Å². The van der Waals surface area contributed by atoms with Gasteiger partial charge in [-0.3, -0.25) is 19.3 Å². The van der Waals surface area contributed by atoms with Crippen LogP contribution in [-0.2, 0) is 19.2 Å². The van der Waals surface area contributed by atoms with Gasteiger partial charge in [-0.05, 0) is 17.7 Å². The number of rotatable bonds is 5. The first-order valence-corrected chi connectivity index (χ1v) is 9.38. The van der Waals surface area contributed by atoms with E-state index in [1.54, 1.807) is 0 Å². The van der Waals surface area contributed by atoms with Crippen molar-refractivity contribution in [2.75, 3.05) is 5.75 Å². The highest BCUT2D eigenvalue weighted by molar-refractivity contribution is 8.00. The molecular formula is C16H12Cl2N2O6S. The van der Waals surface area contributed by atoms with Gasteiger partial charge in [-0.15, -0.1) is 11.8 Å². The molecule has 2 heterocycles. The molecule has 2 aliphatic rings. The van der Waals surface area contributed by atoms with Crippen LogP contribution in [0.3, 0.4) is 0 Å². The Kier molecular flexibility index (Phi) is 5.36. The fourth-order valence-corrected chi connectivity index (χ4v) is 4.56. The summed E-state index contributed by atoms with van der Waals surface area (Å²) in [5.41, 5.74) is -0.109. The standard InChI is InChI=1S/C16H12Cl2N2O6S/c17-7-3-1-6(2-4-7)9(15(23)24)12(21)19-10-13(22)20-11(16(25)26)8(18)5-27-14(10)20/h1-4,9-10,14H,5H2,(H,19,21)(H,23,24)(H,25,26)/t9?,10?,14-/m0/s1. The van der Waals surface area contributed by atoms with Crippen molar-refractivity contribution >= 4 is 58.7 Å². The zero-order valence-electron chi connectivity index (χ0n) is 13.4. The molecular weight excluding hydrogens is 419 g/mol. The van der Waals surface area contributed by atoms with E-state index < -0.39 is 41.1 Å². The van der Waals surface area contributed by atoms with Gasteiger partial charge in [-0.2, -0.15) is 0 Å². The van der Waals surface area contributed by atoms with Crippen LogP contribution in [-0.4, -0.2) is 56.0 Å². The highest BCUT2D eigenvalue weighted by atomic mass is 35.5. The molecule has 0 radical (unpaired) electrons. The lowest BCUT2D eigenvalue weighted by atomic mass is 9.96. The van der Waals surface area contributed by atoms with E-state index in [9.17, 15) is 29.4 Å². The number of thioether (sulfide) groups is 1. The minimum absolute atomic E-state index is 0.0338. The average Bonchev–Trinajstić information content (AvgIpc) is 2.60. The van der Waals surface area contributed by atoms with Crippen LogP contribution < -0.4 is 5.32 Å². The Bertz CT molecular complexity index is 872. The first kappa shape index (κ1) is 19.5. The summed E-state index contributed by atoms with van der Waals surface area (Å²) in [7, 11) is 0. The summed E-state index contributed by atoms with van der Waals surface area (Å²) in [6, 6.07) is 4.71. The summed E-state index contributed by atoms with van der Waals surface area (Å²) in [6.07, 6.45) is 0. The maximum Gasteiger partial charge on any atom is 0.353 e. The van der Waals surface area contributed by atoms with Gasteiger partial charge >= 0.3 is 11.9 Å². The third-order valence-corrected chi connectivity index (χ3v) is 6.14. The summed E-state index contributed by atoms with van der Waals surface area (Å²) in [5, 5.41) is 20.8. The number of carbonyl (C=O) groups excluding carboxylic acids is 2. The SMILES string of the molecule is O=C(O)C1=C(Cl)CS[C@H]2C(NC(=O)C(C(=O)O)c3ccc(Cl)cc3)C(=O)N12. The molecule has 8 nitrogen and oxygen atoms in total. The Balaban J connectivity index is 1.78. The lowest BCUT2D eigenvalue weighted by Crippen LogP contribution is -2.70. The monoisotopic (exact) mass is 430 g/mol. The summed E-state index contributed by atoms with van der Waals surface area (Å²) < 4.78 is 0. The molecule has 0 aromatic heterocycles. The van der Waals surface area contributed by atoms with E-state index in [1.807, 2.05) is 0 Å². The molecule has 3 rings (SSSR count). The quantitative estimate of drug-likeness (QED) is 0.476. The van der Waals surface area contributed by atoms with Gasteiger partial charge in [0.15, 0.2) is 5.92 Å². The number of hydrogen-bond donors (Lipinski definition) is 3. The molecule has 3 atom stereocenters. The van der Waals surface area contributed by atoms with Crippen molar-refractivity contribution in [1.29, 1.82) is 0 Å². The molecule has 142 valence electrons. The number of carbonyl (C=O) groups is 4. The zero-order valence-corrected chi connectivity index (χ0v) is 15.7. The molecule has 1 aromatic carbocycles. The van der Waals surface area contributed by atoms with Crippen molar-refractivity contribution in [2.45, 2.75) is 17.3 Å². The van der Waals surface area contributed by atoms with Crippen LogP contribution in [0.5, 0.6) is 0 Å². The van der Waals surface area contributed by atoms with E-state index in [4.69, 9.17) is 23.2 Å². The van der Waals surface area contributed by atoms with Crippen molar-refractivity contribution in [3.63, 3.8) is 0 Å². The van der Waals surface area contributed by atoms with Gasteiger partial charge in [0, 0.05) is 10.8 Å². The minimum Gasteiger partial charge on any atom is -0.480 e. The molecule has 27 heavy (non-hydrogen) atoms. The number of nitrogens with zero attached hydrogens (tertiary/aromatic N) is 1. The van der Waals surface area contributed by atoms with Crippen molar-refractivity contribution in [3.8, 4) is 0 Å². The first-order chi connectivity index (χ1) is 12.7. The fourth-order valence-electron chi connectivity index (χ4n) is 2.88. The molecule has 1 fully saturated rings. The van der Waals surface area contributed by atoms with Crippen LogP contribution in [0.4, 0.5) is 0 Å². The van der Waals surface area contributed by atoms with Crippen LogP contribution in [0.15, 0.2) is 35.0 Å². The maximum atomic E-state index is 12.5. The Hall–Kier alpha value is -2.23. The van der Waals surface area contributed by atoms with Gasteiger partial charge in [0.2, 0.25) is 5.91 Å². The van der Waals surface area contributed by atoms with Gasteiger partial charge in [0.25, 0.3) is 5.91 Å². The van der Waals surface area contributed by atoms with Crippen LogP contribution >= 0.6 is 35.0 Å². The third-order valence-electron chi connectivity index (χ3n) is 4.13. The number of β-lactam (4-membered cyclic amide) rings is 1. The summed E-state index contributed by atoms with van der Waals surface area (Å²) in [4.78, 5) is 48.7. The van der Waals surface area contributed by atoms with E-state index in [2.05, 4.69) is 5.32 Å². The number of nitrogens with one attached hydrogen (secondary N) is 1. The number of carboxylic acids is 2. The predicted octanol–water partition coefficient (Wildman–Crippen LogP) is 1.44. The summed E-state index contributed by atoms with van der Waals surface area (Å²) in [5.74, 6) is -5.62. The smallest absolute Gasteiger partial charge is 0.353 e. The number of fused-ring (bicyclic) bond motifs is 1. The fraction of sp³-hybridized carbons (Fsp3) is 0.250. The molecule has 2 unspecified atom stereocenters. The number of carboxylic acid groups (broad SMARTS) is 2. The first-order valence-electron chi connectivity index (χ1n) is 7.57. The molecule has 3 N–H and O–H groups in total. The topological polar surface area (TPSA) is 124 Å². The Labute approximate surface area is 167 Å². The van der Waals surface area contributed by atoms with Crippen LogP contribution in [0.25, 0.3) is 0 Å². The molecule has 0 aliphatic carbocycles. The molecule has 0 saturated carbocycles. The van der Waals surface area contributed by atoms with Crippen LogP contribution in [0.1, 0.15) is 11.5 Å².